The lowest BCUT2D eigenvalue weighted by molar-refractivity contribution is -0.0520. The molecule has 1 fully saturated rings. The van der Waals surface area contributed by atoms with Crippen LogP contribution in [0.2, 0.25) is 0 Å². The Morgan fingerprint density at radius 2 is 2.00 bits per heavy atom. The second kappa shape index (κ2) is 15.4. The van der Waals surface area contributed by atoms with E-state index >= 15 is 0 Å². The van der Waals surface area contributed by atoms with E-state index in [9.17, 15) is 8.78 Å². The summed E-state index contributed by atoms with van der Waals surface area (Å²) in [7, 11) is 3.42. The third kappa shape index (κ3) is 9.73. The summed E-state index contributed by atoms with van der Waals surface area (Å²) in [5, 5.41) is 6.52. The number of likely N-dealkylation sites (tertiary alicyclic amines) is 1. The summed E-state index contributed by atoms with van der Waals surface area (Å²) in [6.07, 6.45) is 2.24. The monoisotopic (exact) mass is 556 g/mol. The molecule has 1 aromatic rings. The molecule has 1 aliphatic heterocycles. The van der Waals surface area contributed by atoms with Crippen LogP contribution in [0.3, 0.4) is 0 Å². The number of alkyl halides is 2. The van der Waals surface area contributed by atoms with Gasteiger partial charge in [0, 0.05) is 39.4 Å². The van der Waals surface area contributed by atoms with E-state index in [-0.39, 0.29) is 36.3 Å². The zero-order chi connectivity index (χ0) is 21.8. The molecular formula is C21H35F2IN4O3. The minimum atomic E-state index is -2.92. The Morgan fingerprint density at radius 3 is 2.61 bits per heavy atom. The fourth-order valence-corrected chi connectivity index (χ4v) is 3.47. The van der Waals surface area contributed by atoms with E-state index in [0.29, 0.717) is 29.8 Å². The normalized spacial score (nSPS) is 15.5. The maximum Gasteiger partial charge on any atom is 0.387 e. The van der Waals surface area contributed by atoms with Crippen LogP contribution in [0, 0.1) is 5.92 Å². The summed E-state index contributed by atoms with van der Waals surface area (Å²) in [6, 6.07) is 5.11. The number of benzene rings is 1. The van der Waals surface area contributed by atoms with Crippen molar-refractivity contribution in [1.82, 2.24) is 15.5 Å². The molecule has 1 aliphatic rings. The van der Waals surface area contributed by atoms with Gasteiger partial charge in [0.2, 0.25) is 0 Å². The summed E-state index contributed by atoms with van der Waals surface area (Å²) in [5.41, 5.74) is 0.579. The Labute approximate surface area is 200 Å². The molecule has 2 N–H and O–H groups in total. The molecule has 2 rings (SSSR count). The van der Waals surface area contributed by atoms with Crippen molar-refractivity contribution in [3.63, 3.8) is 0 Å². The van der Waals surface area contributed by atoms with E-state index in [0.717, 1.165) is 45.6 Å². The summed E-state index contributed by atoms with van der Waals surface area (Å²) in [5.74, 6) is 1.56. The predicted octanol–water partition coefficient (Wildman–Crippen LogP) is 3.33. The molecule has 1 heterocycles. The smallest absolute Gasteiger partial charge is 0.387 e. The average Bonchev–Trinajstić information content (AvgIpc) is 2.75. The van der Waals surface area contributed by atoms with Gasteiger partial charge < -0.3 is 29.7 Å². The molecule has 31 heavy (non-hydrogen) atoms. The van der Waals surface area contributed by atoms with Crippen molar-refractivity contribution in [3.05, 3.63) is 23.8 Å². The third-order valence-corrected chi connectivity index (χ3v) is 5.11. The Hall–Kier alpha value is -1.40. The van der Waals surface area contributed by atoms with Crippen molar-refractivity contribution < 1.29 is 23.0 Å². The van der Waals surface area contributed by atoms with Crippen LogP contribution in [0.4, 0.5) is 8.78 Å². The number of rotatable bonds is 11. The number of aliphatic imine (C=N–C) groups is 1. The summed E-state index contributed by atoms with van der Waals surface area (Å²) >= 11 is 0. The van der Waals surface area contributed by atoms with Gasteiger partial charge in [-0.15, -0.1) is 24.0 Å². The molecule has 0 bridgehead atoms. The number of ether oxygens (including phenoxy) is 3. The topological polar surface area (TPSA) is 67.4 Å². The minimum absolute atomic E-state index is 0. The SMILES string of the molecule is CCOc1cccc(CNC(=NC)NCC2CCN(CCOC)CC2)c1OC(F)F.I. The molecule has 0 aliphatic carbocycles. The molecule has 0 unspecified atom stereocenters. The van der Waals surface area contributed by atoms with Gasteiger partial charge in [0.25, 0.3) is 0 Å². The van der Waals surface area contributed by atoms with Crippen molar-refractivity contribution in [2.75, 3.05) is 53.6 Å². The second-order valence-corrected chi connectivity index (χ2v) is 7.14. The van der Waals surface area contributed by atoms with Gasteiger partial charge in [-0.25, -0.2) is 0 Å². The van der Waals surface area contributed by atoms with Crippen molar-refractivity contribution >= 4 is 29.9 Å². The number of hydrogen-bond donors (Lipinski definition) is 2. The van der Waals surface area contributed by atoms with Gasteiger partial charge in [0.05, 0.1) is 13.2 Å². The highest BCUT2D eigenvalue weighted by Crippen LogP contribution is 2.32. The molecular weight excluding hydrogens is 521 g/mol. The first kappa shape index (κ1) is 27.6. The fraction of sp³-hybridized carbons (Fsp3) is 0.667. The van der Waals surface area contributed by atoms with Crippen molar-refractivity contribution in [2.45, 2.75) is 32.9 Å². The second-order valence-electron chi connectivity index (χ2n) is 7.14. The van der Waals surface area contributed by atoms with Gasteiger partial charge in [0.1, 0.15) is 0 Å². The molecule has 7 nitrogen and oxygen atoms in total. The van der Waals surface area contributed by atoms with Gasteiger partial charge in [-0.3, -0.25) is 4.99 Å². The van der Waals surface area contributed by atoms with E-state index < -0.39 is 6.61 Å². The maximum atomic E-state index is 12.9. The molecule has 10 heteroatoms. The first-order chi connectivity index (χ1) is 14.6. The minimum Gasteiger partial charge on any atom is -0.490 e. The Kier molecular flexibility index (Phi) is 13.7. The summed E-state index contributed by atoms with van der Waals surface area (Å²) in [4.78, 5) is 6.66. The predicted molar refractivity (Wildman–Crippen MR) is 129 cm³/mol. The number of para-hydroxylation sites is 1. The van der Waals surface area contributed by atoms with Crippen LogP contribution in [0.15, 0.2) is 23.2 Å². The summed E-state index contributed by atoms with van der Waals surface area (Å²) in [6.45, 7) is 4.23. The quantitative estimate of drug-likeness (QED) is 0.248. The van der Waals surface area contributed by atoms with E-state index in [1.807, 2.05) is 0 Å². The van der Waals surface area contributed by atoms with Gasteiger partial charge >= 0.3 is 6.61 Å². The van der Waals surface area contributed by atoms with Crippen LogP contribution in [0.5, 0.6) is 11.5 Å². The van der Waals surface area contributed by atoms with Crippen molar-refractivity contribution in [1.29, 1.82) is 0 Å². The highest BCUT2D eigenvalue weighted by atomic mass is 127. The third-order valence-electron chi connectivity index (χ3n) is 5.11. The first-order valence-corrected chi connectivity index (χ1v) is 10.4. The lowest BCUT2D eigenvalue weighted by atomic mass is 9.97. The molecule has 0 atom stereocenters. The largest absolute Gasteiger partial charge is 0.490 e. The highest BCUT2D eigenvalue weighted by molar-refractivity contribution is 14.0. The van der Waals surface area contributed by atoms with Gasteiger partial charge in [-0.1, -0.05) is 12.1 Å². The Morgan fingerprint density at radius 1 is 1.26 bits per heavy atom. The number of methoxy groups -OCH3 is 1. The molecule has 0 saturated carbocycles. The molecule has 178 valence electrons. The molecule has 1 saturated heterocycles. The average molecular weight is 556 g/mol. The van der Waals surface area contributed by atoms with Crippen LogP contribution in [0.25, 0.3) is 0 Å². The standard InChI is InChI=1S/C21H34F2N4O3.HI/c1-4-29-18-7-5-6-17(19(18)30-20(22)23)15-26-21(24-2)25-14-16-8-10-27(11-9-16)12-13-28-3;/h5-7,16,20H,4,8-15H2,1-3H3,(H2,24,25,26);1H. The van der Waals surface area contributed by atoms with E-state index in [4.69, 9.17) is 14.2 Å². The maximum absolute atomic E-state index is 12.9. The fourth-order valence-electron chi connectivity index (χ4n) is 3.47. The number of piperidine rings is 1. The Bertz CT molecular complexity index is 660. The molecule has 0 aromatic heterocycles. The molecule has 0 spiro atoms. The molecule has 1 aromatic carbocycles. The van der Waals surface area contributed by atoms with Gasteiger partial charge in [-0.2, -0.15) is 8.78 Å². The van der Waals surface area contributed by atoms with Crippen LogP contribution < -0.4 is 20.1 Å². The molecule has 0 radical (unpaired) electrons. The Balaban J connectivity index is 0.00000480. The van der Waals surface area contributed by atoms with E-state index in [1.54, 1.807) is 39.3 Å². The number of guanidine groups is 1. The number of nitrogens with one attached hydrogen (secondary N) is 2. The molecule has 0 amide bonds. The van der Waals surface area contributed by atoms with Crippen molar-refractivity contribution in [3.8, 4) is 11.5 Å². The van der Waals surface area contributed by atoms with Crippen LogP contribution in [0.1, 0.15) is 25.3 Å². The van der Waals surface area contributed by atoms with Gasteiger partial charge in [0.15, 0.2) is 17.5 Å². The van der Waals surface area contributed by atoms with Crippen LogP contribution in [-0.2, 0) is 11.3 Å². The van der Waals surface area contributed by atoms with Crippen LogP contribution >= 0.6 is 24.0 Å². The number of halogens is 3. The zero-order valence-electron chi connectivity index (χ0n) is 18.5. The zero-order valence-corrected chi connectivity index (χ0v) is 20.9. The lowest BCUT2D eigenvalue weighted by Crippen LogP contribution is -2.43. The van der Waals surface area contributed by atoms with Crippen LogP contribution in [-0.4, -0.2) is 71.0 Å². The number of nitrogens with zero attached hydrogens (tertiary/aromatic N) is 2. The highest BCUT2D eigenvalue weighted by Gasteiger charge is 2.19. The number of hydrogen-bond acceptors (Lipinski definition) is 5. The summed E-state index contributed by atoms with van der Waals surface area (Å²) < 4.78 is 41.0. The van der Waals surface area contributed by atoms with E-state index in [1.165, 1.54) is 0 Å². The van der Waals surface area contributed by atoms with Gasteiger partial charge in [-0.05, 0) is 44.8 Å². The van der Waals surface area contributed by atoms with Crippen molar-refractivity contribution in [2.24, 2.45) is 10.9 Å². The van der Waals surface area contributed by atoms with E-state index in [2.05, 4.69) is 20.5 Å². The first-order valence-electron chi connectivity index (χ1n) is 10.4. The lowest BCUT2D eigenvalue weighted by Gasteiger charge is -2.32.